The molecule has 0 aliphatic heterocycles. The molecule has 0 fully saturated rings. The SMILES string of the molecule is CC.CCOC(=O)CCOCCN(C)c1ccc(Nc2nc(-c3ccc(C=N)c(N)c3)cn3ccnc23)cc1. The lowest BCUT2D eigenvalue weighted by Gasteiger charge is -2.19. The highest BCUT2D eigenvalue weighted by Crippen LogP contribution is 2.27. The minimum Gasteiger partial charge on any atom is -0.466 e. The third-order valence-electron chi connectivity index (χ3n) is 5.81. The number of carbonyl (C=O) groups is 1. The van der Waals surface area contributed by atoms with Gasteiger partial charge >= 0.3 is 5.97 Å². The number of hydrogen-bond acceptors (Lipinski definition) is 9. The summed E-state index contributed by atoms with van der Waals surface area (Å²) in [5, 5.41) is 10.8. The number of hydrogen-bond donors (Lipinski definition) is 3. The number of fused-ring (bicyclic) bond motifs is 1. The molecule has 0 saturated heterocycles. The largest absolute Gasteiger partial charge is 0.466 e. The number of ether oxygens (including phenoxy) is 2. The molecule has 2 heterocycles. The van der Waals surface area contributed by atoms with Crippen molar-refractivity contribution >= 4 is 40.7 Å². The molecule has 39 heavy (non-hydrogen) atoms. The zero-order valence-corrected chi connectivity index (χ0v) is 23.0. The van der Waals surface area contributed by atoms with Gasteiger partial charge in [-0.3, -0.25) is 4.79 Å². The van der Waals surface area contributed by atoms with Crippen LogP contribution in [0.3, 0.4) is 0 Å². The maximum absolute atomic E-state index is 11.4. The summed E-state index contributed by atoms with van der Waals surface area (Å²) in [6.45, 7) is 7.72. The van der Waals surface area contributed by atoms with Crippen molar-refractivity contribution < 1.29 is 14.3 Å². The van der Waals surface area contributed by atoms with Crippen molar-refractivity contribution in [2.24, 2.45) is 0 Å². The van der Waals surface area contributed by atoms with E-state index in [1.54, 1.807) is 13.1 Å². The van der Waals surface area contributed by atoms with Gasteiger partial charge in [-0.1, -0.05) is 26.0 Å². The zero-order chi connectivity index (χ0) is 28.2. The summed E-state index contributed by atoms with van der Waals surface area (Å²) in [5.74, 6) is 0.379. The van der Waals surface area contributed by atoms with E-state index >= 15 is 0 Å². The minimum absolute atomic E-state index is 0.239. The van der Waals surface area contributed by atoms with Crippen LogP contribution in [0.4, 0.5) is 22.9 Å². The van der Waals surface area contributed by atoms with Crippen molar-refractivity contribution in [2.45, 2.75) is 27.2 Å². The molecule has 0 unspecified atom stereocenters. The summed E-state index contributed by atoms with van der Waals surface area (Å²) < 4.78 is 12.4. The fourth-order valence-electron chi connectivity index (χ4n) is 3.78. The third-order valence-corrected chi connectivity index (χ3v) is 5.81. The van der Waals surface area contributed by atoms with Crippen LogP contribution in [0.1, 0.15) is 32.8 Å². The Labute approximate surface area is 229 Å². The Morgan fingerprint density at radius 3 is 2.64 bits per heavy atom. The van der Waals surface area contributed by atoms with Gasteiger partial charge in [0.25, 0.3) is 0 Å². The van der Waals surface area contributed by atoms with Gasteiger partial charge in [0.15, 0.2) is 11.5 Å². The normalized spacial score (nSPS) is 10.5. The predicted octanol–water partition coefficient (Wildman–Crippen LogP) is 5.15. The molecule has 0 saturated carbocycles. The van der Waals surface area contributed by atoms with Crippen molar-refractivity contribution in [3.8, 4) is 11.3 Å². The number of nitrogens with zero attached hydrogens (tertiary/aromatic N) is 4. The molecule has 0 bridgehead atoms. The monoisotopic (exact) mass is 531 g/mol. The lowest BCUT2D eigenvalue weighted by Crippen LogP contribution is -2.23. The van der Waals surface area contributed by atoms with Gasteiger partial charge in [0.2, 0.25) is 0 Å². The Morgan fingerprint density at radius 1 is 1.18 bits per heavy atom. The van der Waals surface area contributed by atoms with Gasteiger partial charge < -0.3 is 35.2 Å². The molecule has 10 heteroatoms. The highest BCUT2D eigenvalue weighted by atomic mass is 16.5. The maximum atomic E-state index is 11.4. The van der Waals surface area contributed by atoms with E-state index in [-0.39, 0.29) is 12.4 Å². The van der Waals surface area contributed by atoms with E-state index in [0.717, 1.165) is 22.6 Å². The predicted molar refractivity (Wildman–Crippen MR) is 157 cm³/mol. The molecule has 10 nitrogen and oxygen atoms in total. The van der Waals surface area contributed by atoms with Crippen LogP contribution in [0.2, 0.25) is 0 Å². The third kappa shape index (κ3) is 7.78. The molecule has 0 spiro atoms. The Bertz CT molecular complexity index is 1370. The summed E-state index contributed by atoms with van der Waals surface area (Å²) in [5.41, 5.74) is 11.5. The first-order chi connectivity index (χ1) is 19.0. The van der Waals surface area contributed by atoms with Crippen molar-refractivity contribution in [1.29, 1.82) is 5.41 Å². The number of anilines is 4. The molecule has 0 aliphatic carbocycles. The van der Waals surface area contributed by atoms with E-state index in [2.05, 4.69) is 15.2 Å². The Morgan fingerprint density at radius 2 is 1.95 bits per heavy atom. The molecule has 0 radical (unpaired) electrons. The number of nitrogens with two attached hydrogens (primary N) is 1. The number of aromatic nitrogens is 3. The van der Waals surface area contributed by atoms with E-state index < -0.39 is 0 Å². The first-order valence-electron chi connectivity index (χ1n) is 13.0. The van der Waals surface area contributed by atoms with Crippen LogP contribution in [-0.2, 0) is 14.3 Å². The quantitative estimate of drug-likeness (QED) is 0.0990. The number of benzene rings is 2. The van der Waals surface area contributed by atoms with Crippen molar-refractivity contribution in [1.82, 2.24) is 14.4 Å². The summed E-state index contributed by atoms with van der Waals surface area (Å²) in [6.07, 6.45) is 7.00. The molecule has 0 atom stereocenters. The molecule has 2 aromatic heterocycles. The van der Waals surface area contributed by atoms with E-state index in [1.807, 2.05) is 80.2 Å². The van der Waals surface area contributed by atoms with Gasteiger partial charge in [0.05, 0.1) is 31.9 Å². The first kappa shape index (κ1) is 29.1. The van der Waals surface area contributed by atoms with Crippen LogP contribution >= 0.6 is 0 Å². The molecule has 0 aliphatic rings. The van der Waals surface area contributed by atoms with Crippen molar-refractivity contribution in [3.63, 3.8) is 0 Å². The first-order valence-corrected chi connectivity index (χ1v) is 13.0. The molecule has 0 amide bonds. The van der Waals surface area contributed by atoms with Gasteiger partial charge in [-0.15, -0.1) is 0 Å². The Balaban J connectivity index is 0.00000205. The fraction of sp³-hybridized carbons (Fsp3) is 0.310. The smallest absolute Gasteiger partial charge is 0.308 e. The molecule has 4 rings (SSSR count). The highest BCUT2D eigenvalue weighted by molar-refractivity contribution is 5.87. The molecule has 4 N–H and O–H groups in total. The van der Waals surface area contributed by atoms with Crippen LogP contribution in [0.15, 0.2) is 61.1 Å². The lowest BCUT2D eigenvalue weighted by molar-refractivity contribution is -0.144. The molecular weight excluding hydrogens is 494 g/mol. The van der Waals surface area contributed by atoms with Crippen LogP contribution < -0.4 is 16.0 Å². The highest BCUT2D eigenvalue weighted by Gasteiger charge is 2.11. The number of rotatable bonds is 12. The summed E-state index contributed by atoms with van der Waals surface area (Å²) >= 11 is 0. The Hall–Kier alpha value is -4.44. The molecule has 206 valence electrons. The van der Waals surface area contributed by atoms with Gasteiger partial charge in [0.1, 0.15) is 0 Å². The number of esters is 1. The molecule has 2 aromatic carbocycles. The van der Waals surface area contributed by atoms with Gasteiger partial charge in [-0.25, -0.2) is 9.97 Å². The van der Waals surface area contributed by atoms with Crippen molar-refractivity contribution in [2.75, 3.05) is 49.4 Å². The second-order valence-corrected chi connectivity index (χ2v) is 8.38. The molecular formula is C29H37N7O3. The minimum atomic E-state index is -0.239. The number of nitrogen functional groups attached to an aromatic ring is 1. The second-order valence-electron chi connectivity index (χ2n) is 8.38. The topological polar surface area (TPSA) is 131 Å². The zero-order valence-electron chi connectivity index (χ0n) is 23.0. The summed E-state index contributed by atoms with van der Waals surface area (Å²) in [7, 11) is 1.99. The van der Waals surface area contributed by atoms with Crippen LogP contribution in [-0.4, -0.2) is 60.0 Å². The van der Waals surface area contributed by atoms with E-state index in [1.165, 1.54) is 6.21 Å². The fourth-order valence-corrected chi connectivity index (χ4v) is 3.78. The number of likely N-dealkylation sites (N-methyl/N-ethyl adjacent to an activating group) is 1. The van der Waals surface area contributed by atoms with Crippen LogP contribution in [0.25, 0.3) is 16.9 Å². The van der Waals surface area contributed by atoms with Gasteiger partial charge in [-0.2, -0.15) is 0 Å². The van der Waals surface area contributed by atoms with Gasteiger partial charge in [0, 0.05) is 66.6 Å². The second kappa shape index (κ2) is 14.5. The van der Waals surface area contributed by atoms with E-state index in [9.17, 15) is 4.79 Å². The van der Waals surface area contributed by atoms with Crippen molar-refractivity contribution in [3.05, 3.63) is 66.6 Å². The van der Waals surface area contributed by atoms with Gasteiger partial charge in [-0.05, 0) is 37.3 Å². The number of imidazole rings is 1. The average molecular weight is 532 g/mol. The molecule has 4 aromatic rings. The standard InChI is InChI=1S/C27H31N7O3.C2H6/c1-3-37-25(35)10-14-36-15-13-33(2)22-8-6-21(7-9-22)31-26-27-30-11-12-34(27)18-24(32-26)19-4-5-20(17-28)23(29)16-19;1-2/h4-9,11-12,16-18,28H,3,10,13-15,29H2,1-2H3,(H,31,32);1-2H3. The summed E-state index contributed by atoms with van der Waals surface area (Å²) in [4.78, 5) is 22.7. The van der Waals surface area contributed by atoms with Crippen LogP contribution in [0.5, 0.6) is 0 Å². The van der Waals surface area contributed by atoms with E-state index in [4.69, 9.17) is 25.6 Å². The Kier molecular flexibility index (Phi) is 10.8. The number of carbonyl (C=O) groups excluding carboxylic acids is 1. The maximum Gasteiger partial charge on any atom is 0.308 e. The number of nitrogens with one attached hydrogen (secondary N) is 2. The van der Waals surface area contributed by atoms with Crippen LogP contribution in [0, 0.1) is 5.41 Å². The summed E-state index contributed by atoms with van der Waals surface area (Å²) in [6, 6.07) is 13.5. The lowest BCUT2D eigenvalue weighted by atomic mass is 10.1. The average Bonchev–Trinajstić information content (AvgIpc) is 3.43. The van der Waals surface area contributed by atoms with E-state index in [0.29, 0.717) is 49.1 Å².